The molecule has 0 aromatic heterocycles. The van der Waals surface area contributed by atoms with Gasteiger partial charge in [0.05, 0.1) is 24.7 Å². The number of benzene rings is 2. The number of hydrogen-bond acceptors (Lipinski definition) is 8. The number of aliphatic imine (C=N–C) groups is 2. The van der Waals surface area contributed by atoms with Crippen molar-refractivity contribution in [3.05, 3.63) is 59.7 Å². The van der Waals surface area contributed by atoms with Crippen LogP contribution in [0.5, 0.6) is 5.75 Å². The molecule has 3 heterocycles. The summed E-state index contributed by atoms with van der Waals surface area (Å²) in [5, 5.41) is 6.21. The Balaban J connectivity index is 1.19. The third-order valence-corrected chi connectivity index (χ3v) is 7.66. The first-order chi connectivity index (χ1) is 19.0. The first-order valence-electron chi connectivity index (χ1n) is 13.0. The van der Waals surface area contributed by atoms with E-state index >= 15 is 0 Å². The molecule has 0 aliphatic carbocycles. The number of amides is 3. The SMILES string of the molecule is COc1ccc(CNC(=O)CC[C@@H]2N=C3c4ccccc4N=C(SCC(=O)NC[C@H]4CCCO4)N3C2=O)cc1. The van der Waals surface area contributed by atoms with Gasteiger partial charge in [-0.25, -0.2) is 9.89 Å². The number of ether oxygens (including phenoxy) is 2. The van der Waals surface area contributed by atoms with E-state index in [0.717, 1.165) is 36.3 Å². The molecule has 11 heteroatoms. The first kappa shape index (κ1) is 26.9. The van der Waals surface area contributed by atoms with Gasteiger partial charge >= 0.3 is 0 Å². The number of amidine groups is 2. The molecule has 204 valence electrons. The molecule has 3 aliphatic rings. The molecular formula is C28H31N5O5S. The summed E-state index contributed by atoms with van der Waals surface area (Å²) in [4.78, 5) is 49.3. The van der Waals surface area contributed by atoms with E-state index in [9.17, 15) is 14.4 Å². The molecule has 1 fully saturated rings. The molecule has 2 N–H and O–H groups in total. The molecular weight excluding hydrogens is 518 g/mol. The molecule has 0 saturated carbocycles. The van der Waals surface area contributed by atoms with Gasteiger partial charge in [0, 0.05) is 31.7 Å². The van der Waals surface area contributed by atoms with Crippen molar-refractivity contribution in [1.82, 2.24) is 15.5 Å². The first-order valence-corrected chi connectivity index (χ1v) is 14.0. The van der Waals surface area contributed by atoms with Gasteiger partial charge in [-0.05, 0) is 49.1 Å². The van der Waals surface area contributed by atoms with Gasteiger partial charge in [0.25, 0.3) is 5.91 Å². The molecule has 0 unspecified atom stereocenters. The number of rotatable bonds is 10. The molecule has 2 aromatic rings. The highest BCUT2D eigenvalue weighted by molar-refractivity contribution is 8.14. The summed E-state index contributed by atoms with van der Waals surface area (Å²) in [5.41, 5.74) is 2.40. The lowest BCUT2D eigenvalue weighted by molar-refractivity contribution is -0.125. The molecule has 2 atom stereocenters. The van der Waals surface area contributed by atoms with E-state index in [2.05, 4.69) is 15.6 Å². The fraction of sp³-hybridized carbons (Fsp3) is 0.393. The molecule has 0 radical (unpaired) electrons. The summed E-state index contributed by atoms with van der Waals surface area (Å²) in [5.74, 6) is 0.832. The van der Waals surface area contributed by atoms with Crippen LogP contribution >= 0.6 is 11.8 Å². The van der Waals surface area contributed by atoms with Crippen molar-refractivity contribution in [3.8, 4) is 5.75 Å². The number of thioether (sulfide) groups is 1. The normalized spacial score (nSPS) is 19.6. The smallest absolute Gasteiger partial charge is 0.259 e. The summed E-state index contributed by atoms with van der Waals surface area (Å²) in [7, 11) is 1.60. The van der Waals surface area contributed by atoms with E-state index in [1.807, 2.05) is 48.5 Å². The van der Waals surface area contributed by atoms with Gasteiger partial charge in [0.1, 0.15) is 17.6 Å². The highest BCUT2D eigenvalue weighted by Gasteiger charge is 2.41. The van der Waals surface area contributed by atoms with Crippen LogP contribution in [-0.4, -0.2) is 71.8 Å². The standard InChI is InChI=1S/C28H31N5O5S/c1-37-19-10-8-18(9-11-19)15-29-24(34)13-12-23-27(36)33-26(31-23)21-6-2-3-7-22(21)32-28(33)39-17-25(35)30-16-20-5-4-14-38-20/h2-3,6-11,20,23H,4-5,12-17H2,1H3,(H,29,34)(H,30,35)/t20-,23+/m1/s1. The average Bonchev–Trinajstić information content (AvgIpc) is 3.61. The lowest BCUT2D eigenvalue weighted by Gasteiger charge is -2.25. The third-order valence-electron chi connectivity index (χ3n) is 6.72. The second-order valence-electron chi connectivity index (χ2n) is 9.44. The van der Waals surface area contributed by atoms with E-state index in [1.54, 1.807) is 7.11 Å². The topological polar surface area (TPSA) is 122 Å². The molecule has 3 aliphatic heterocycles. The number of para-hydroxylation sites is 1. The Kier molecular flexibility index (Phi) is 8.58. The van der Waals surface area contributed by atoms with Gasteiger partial charge < -0.3 is 20.1 Å². The summed E-state index contributed by atoms with van der Waals surface area (Å²) >= 11 is 1.20. The Morgan fingerprint density at radius 1 is 1.13 bits per heavy atom. The van der Waals surface area contributed by atoms with Crippen LogP contribution in [0.1, 0.15) is 36.8 Å². The van der Waals surface area contributed by atoms with Gasteiger partial charge in [0.15, 0.2) is 5.17 Å². The molecule has 39 heavy (non-hydrogen) atoms. The second kappa shape index (κ2) is 12.4. The van der Waals surface area contributed by atoms with Gasteiger partial charge in [-0.15, -0.1) is 0 Å². The maximum atomic E-state index is 13.4. The summed E-state index contributed by atoms with van der Waals surface area (Å²) in [6.07, 6.45) is 2.45. The number of methoxy groups -OCH3 is 1. The number of hydrogen-bond donors (Lipinski definition) is 2. The van der Waals surface area contributed by atoms with Crippen LogP contribution in [-0.2, 0) is 25.7 Å². The Morgan fingerprint density at radius 3 is 2.72 bits per heavy atom. The zero-order valence-electron chi connectivity index (χ0n) is 21.7. The van der Waals surface area contributed by atoms with Crippen LogP contribution in [0.3, 0.4) is 0 Å². The molecule has 5 rings (SSSR count). The summed E-state index contributed by atoms with van der Waals surface area (Å²) in [6, 6.07) is 14.2. The molecule has 0 spiro atoms. The van der Waals surface area contributed by atoms with Crippen molar-refractivity contribution in [2.24, 2.45) is 9.98 Å². The quantitative estimate of drug-likeness (QED) is 0.470. The lowest BCUT2D eigenvalue weighted by Crippen LogP contribution is -2.42. The fourth-order valence-electron chi connectivity index (χ4n) is 4.60. The maximum Gasteiger partial charge on any atom is 0.259 e. The lowest BCUT2D eigenvalue weighted by atomic mass is 10.1. The Morgan fingerprint density at radius 2 is 1.95 bits per heavy atom. The number of fused-ring (bicyclic) bond motifs is 3. The van der Waals surface area contributed by atoms with Crippen LogP contribution in [0, 0.1) is 0 Å². The zero-order chi connectivity index (χ0) is 27.2. The maximum absolute atomic E-state index is 13.4. The minimum atomic E-state index is -0.697. The van der Waals surface area contributed by atoms with Crippen LogP contribution in [0.4, 0.5) is 5.69 Å². The molecule has 3 amide bonds. The number of carbonyl (C=O) groups is 3. The van der Waals surface area contributed by atoms with E-state index in [4.69, 9.17) is 14.5 Å². The van der Waals surface area contributed by atoms with E-state index in [-0.39, 0.29) is 42.4 Å². The van der Waals surface area contributed by atoms with Crippen molar-refractivity contribution >= 4 is 46.2 Å². The van der Waals surface area contributed by atoms with Crippen LogP contribution < -0.4 is 15.4 Å². The number of carbonyl (C=O) groups excluding carboxylic acids is 3. The molecule has 1 saturated heterocycles. The van der Waals surface area contributed by atoms with Crippen LogP contribution in [0.15, 0.2) is 58.5 Å². The highest BCUT2D eigenvalue weighted by atomic mass is 32.2. The van der Waals surface area contributed by atoms with Gasteiger partial charge in [-0.3, -0.25) is 19.4 Å². The Hall–Kier alpha value is -3.70. The predicted octanol–water partition coefficient (Wildman–Crippen LogP) is 2.78. The van der Waals surface area contributed by atoms with Crippen molar-refractivity contribution in [1.29, 1.82) is 0 Å². The van der Waals surface area contributed by atoms with Gasteiger partial charge in [0.2, 0.25) is 11.8 Å². The molecule has 10 nitrogen and oxygen atoms in total. The van der Waals surface area contributed by atoms with Crippen molar-refractivity contribution in [2.75, 3.05) is 26.0 Å². The number of nitrogens with one attached hydrogen (secondary N) is 2. The van der Waals surface area contributed by atoms with Gasteiger partial charge in [-0.2, -0.15) is 0 Å². The summed E-state index contributed by atoms with van der Waals surface area (Å²) in [6.45, 7) is 1.60. The molecule has 2 aromatic carbocycles. The Bertz CT molecular complexity index is 1290. The predicted molar refractivity (Wildman–Crippen MR) is 149 cm³/mol. The van der Waals surface area contributed by atoms with Gasteiger partial charge in [-0.1, -0.05) is 36.0 Å². The molecule has 0 bridgehead atoms. The second-order valence-corrected chi connectivity index (χ2v) is 10.4. The van der Waals surface area contributed by atoms with Crippen molar-refractivity contribution in [3.63, 3.8) is 0 Å². The number of nitrogens with zero attached hydrogens (tertiary/aromatic N) is 3. The van der Waals surface area contributed by atoms with E-state index in [0.29, 0.717) is 29.8 Å². The van der Waals surface area contributed by atoms with Crippen molar-refractivity contribution in [2.45, 2.75) is 44.4 Å². The van der Waals surface area contributed by atoms with E-state index in [1.165, 1.54) is 16.7 Å². The minimum absolute atomic E-state index is 0.0610. The van der Waals surface area contributed by atoms with Crippen LogP contribution in [0.25, 0.3) is 0 Å². The van der Waals surface area contributed by atoms with Crippen LogP contribution in [0.2, 0.25) is 0 Å². The third kappa shape index (κ3) is 6.48. The van der Waals surface area contributed by atoms with E-state index < -0.39 is 6.04 Å². The minimum Gasteiger partial charge on any atom is -0.497 e. The average molecular weight is 550 g/mol. The monoisotopic (exact) mass is 549 g/mol. The fourth-order valence-corrected chi connectivity index (χ4v) is 5.43. The highest BCUT2D eigenvalue weighted by Crippen LogP contribution is 2.34. The Labute approximate surface area is 231 Å². The van der Waals surface area contributed by atoms with Crippen molar-refractivity contribution < 1.29 is 23.9 Å². The zero-order valence-corrected chi connectivity index (χ0v) is 22.5. The summed E-state index contributed by atoms with van der Waals surface area (Å²) < 4.78 is 10.7. The largest absolute Gasteiger partial charge is 0.497 e.